The van der Waals surface area contributed by atoms with E-state index in [4.69, 9.17) is 9.15 Å². The van der Waals surface area contributed by atoms with Crippen LogP contribution >= 0.6 is 0 Å². The molecule has 0 unspecified atom stereocenters. The van der Waals surface area contributed by atoms with E-state index < -0.39 is 0 Å². The molecule has 5 nitrogen and oxygen atoms in total. The lowest BCUT2D eigenvalue weighted by Crippen LogP contribution is -2.49. The lowest BCUT2D eigenvalue weighted by Gasteiger charge is -2.35. The number of hydrogen-bond acceptors (Lipinski definition) is 4. The van der Waals surface area contributed by atoms with Crippen LogP contribution in [0.5, 0.6) is 0 Å². The van der Waals surface area contributed by atoms with Gasteiger partial charge in [0.2, 0.25) is 5.91 Å². The van der Waals surface area contributed by atoms with Crippen molar-refractivity contribution in [1.29, 1.82) is 0 Å². The van der Waals surface area contributed by atoms with E-state index in [9.17, 15) is 4.79 Å². The third-order valence-corrected chi connectivity index (χ3v) is 5.46. The molecular formula is C20H26N2O3. The molecule has 1 aromatic heterocycles. The second-order valence-electron chi connectivity index (χ2n) is 7.26. The summed E-state index contributed by atoms with van der Waals surface area (Å²) in [5, 5.41) is 1.16. The number of carbonyl (C=O) groups is 1. The highest BCUT2D eigenvalue weighted by atomic mass is 16.5. The van der Waals surface area contributed by atoms with Gasteiger partial charge in [0.15, 0.2) is 0 Å². The van der Waals surface area contributed by atoms with E-state index in [0.29, 0.717) is 12.2 Å². The summed E-state index contributed by atoms with van der Waals surface area (Å²) >= 11 is 0. The Bertz CT molecular complexity index is 733. The van der Waals surface area contributed by atoms with Gasteiger partial charge in [0.25, 0.3) is 0 Å². The number of amides is 1. The molecule has 4 rings (SSSR count). The van der Waals surface area contributed by atoms with Crippen LogP contribution in [0.2, 0.25) is 0 Å². The molecule has 0 N–H and O–H groups in total. The molecule has 2 aromatic rings. The van der Waals surface area contributed by atoms with Gasteiger partial charge in [-0.25, -0.2) is 0 Å². The quantitative estimate of drug-likeness (QED) is 0.857. The van der Waals surface area contributed by atoms with E-state index in [0.717, 1.165) is 63.0 Å². The highest BCUT2D eigenvalue weighted by Crippen LogP contribution is 2.25. The fraction of sp³-hybridized carbons (Fsp3) is 0.550. The van der Waals surface area contributed by atoms with E-state index in [2.05, 4.69) is 17.0 Å². The molecule has 134 valence electrons. The lowest BCUT2D eigenvalue weighted by molar-refractivity contribution is -0.130. The molecule has 0 radical (unpaired) electrons. The standard InChI is InChI=1S/C20H26N2O3/c1-15(23)22-9-7-21(8-10-22)14-19-4-3-18(25-19)13-16-2-5-20-17(12-16)6-11-24-20/h2,5-6,11-12,18-19H,3-4,7-10,13-14H2,1H3/t18-,19+/m0/s1. The van der Waals surface area contributed by atoms with Crippen LogP contribution in [0.1, 0.15) is 25.3 Å². The average molecular weight is 342 g/mol. The summed E-state index contributed by atoms with van der Waals surface area (Å²) in [6.45, 7) is 6.25. The van der Waals surface area contributed by atoms with Crippen molar-refractivity contribution in [3.8, 4) is 0 Å². The molecule has 5 heteroatoms. The smallest absolute Gasteiger partial charge is 0.219 e. The van der Waals surface area contributed by atoms with E-state index in [1.54, 1.807) is 13.2 Å². The Labute approximate surface area is 148 Å². The number of hydrogen-bond donors (Lipinski definition) is 0. The monoisotopic (exact) mass is 342 g/mol. The molecule has 2 atom stereocenters. The Kier molecular flexibility index (Phi) is 4.77. The highest BCUT2D eigenvalue weighted by molar-refractivity contribution is 5.77. The molecule has 1 amide bonds. The molecule has 2 fully saturated rings. The summed E-state index contributed by atoms with van der Waals surface area (Å²) in [5.41, 5.74) is 2.26. The zero-order valence-electron chi connectivity index (χ0n) is 14.8. The minimum atomic E-state index is 0.187. The zero-order valence-corrected chi connectivity index (χ0v) is 14.8. The maximum absolute atomic E-state index is 11.4. The SMILES string of the molecule is CC(=O)N1CCN(C[C@H]2CC[C@@H](Cc3ccc4occc4c3)O2)CC1. The molecule has 0 spiro atoms. The van der Waals surface area contributed by atoms with Gasteiger partial charge < -0.3 is 14.1 Å². The van der Waals surface area contributed by atoms with Crippen LogP contribution in [0, 0.1) is 0 Å². The number of piperazine rings is 1. The predicted molar refractivity (Wildman–Crippen MR) is 96.5 cm³/mol. The molecule has 2 aliphatic heterocycles. The van der Waals surface area contributed by atoms with Crippen molar-refractivity contribution in [2.24, 2.45) is 0 Å². The molecule has 2 saturated heterocycles. The summed E-state index contributed by atoms with van der Waals surface area (Å²) in [6.07, 6.45) is 5.60. The van der Waals surface area contributed by atoms with Crippen LogP contribution in [0.4, 0.5) is 0 Å². The van der Waals surface area contributed by atoms with Gasteiger partial charge in [-0.15, -0.1) is 0 Å². The number of benzene rings is 1. The lowest BCUT2D eigenvalue weighted by atomic mass is 10.0. The summed E-state index contributed by atoms with van der Waals surface area (Å²) in [6, 6.07) is 8.41. The van der Waals surface area contributed by atoms with Crippen LogP contribution in [0.15, 0.2) is 34.9 Å². The average Bonchev–Trinajstić information content (AvgIpc) is 3.24. The molecule has 0 saturated carbocycles. The Balaban J connectivity index is 1.26. The topological polar surface area (TPSA) is 45.9 Å². The first-order valence-corrected chi connectivity index (χ1v) is 9.27. The van der Waals surface area contributed by atoms with Gasteiger partial charge in [0.05, 0.1) is 18.5 Å². The Morgan fingerprint density at radius 1 is 1.12 bits per heavy atom. The first-order chi connectivity index (χ1) is 12.2. The maximum atomic E-state index is 11.4. The summed E-state index contributed by atoms with van der Waals surface area (Å²) in [5.74, 6) is 0.187. The molecule has 1 aromatic carbocycles. The van der Waals surface area contributed by atoms with Gasteiger partial charge in [-0.05, 0) is 43.0 Å². The number of furan rings is 1. The predicted octanol–water partition coefficient (Wildman–Crippen LogP) is 2.69. The van der Waals surface area contributed by atoms with Gasteiger partial charge in [-0.2, -0.15) is 0 Å². The summed E-state index contributed by atoms with van der Waals surface area (Å²) < 4.78 is 11.7. The van der Waals surface area contributed by atoms with E-state index in [-0.39, 0.29) is 5.91 Å². The maximum Gasteiger partial charge on any atom is 0.219 e. The third kappa shape index (κ3) is 3.88. The molecule has 0 bridgehead atoms. The van der Waals surface area contributed by atoms with Crippen molar-refractivity contribution in [2.75, 3.05) is 32.7 Å². The number of nitrogens with zero attached hydrogens (tertiary/aromatic N) is 2. The molecule has 0 aliphatic carbocycles. The number of carbonyl (C=O) groups excluding carboxylic acids is 1. The van der Waals surface area contributed by atoms with Crippen molar-refractivity contribution in [3.05, 3.63) is 36.1 Å². The third-order valence-electron chi connectivity index (χ3n) is 5.46. The molecular weight excluding hydrogens is 316 g/mol. The number of rotatable bonds is 4. The van der Waals surface area contributed by atoms with Crippen molar-refractivity contribution in [1.82, 2.24) is 9.80 Å². The summed E-state index contributed by atoms with van der Waals surface area (Å²) in [4.78, 5) is 15.8. The van der Waals surface area contributed by atoms with Crippen LogP contribution < -0.4 is 0 Å². The molecule has 2 aliphatic rings. The van der Waals surface area contributed by atoms with Gasteiger partial charge in [-0.1, -0.05) is 6.07 Å². The summed E-state index contributed by atoms with van der Waals surface area (Å²) in [7, 11) is 0. The Morgan fingerprint density at radius 2 is 1.92 bits per heavy atom. The van der Waals surface area contributed by atoms with Gasteiger partial charge >= 0.3 is 0 Å². The largest absolute Gasteiger partial charge is 0.464 e. The van der Waals surface area contributed by atoms with Crippen molar-refractivity contribution >= 4 is 16.9 Å². The first-order valence-electron chi connectivity index (χ1n) is 9.27. The molecule has 3 heterocycles. The van der Waals surface area contributed by atoms with E-state index in [1.807, 2.05) is 17.0 Å². The number of fused-ring (bicyclic) bond motifs is 1. The number of ether oxygens (including phenoxy) is 1. The van der Waals surface area contributed by atoms with Gasteiger partial charge in [0.1, 0.15) is 5.58 Å². The Hall–Kier alpha value is -1.85. The van der Waals surface area contributed by atoms with Crippen LogP contribution in [0.3, 0.4) is 0 Å². The van der Waals surface area contributed by atoms with Crippen molar-refractivity contribution < 1.29 is 13.9 Å². The first kappa shape index (κ1) is 16.6. The minimum Gasteiger partial charge on any atom is -0.464 e. The normalized spacial score (nSPS) is 24.9. The second kappa shape index (κ2) is 7.18. The zero-order chi connectivity index (χ0) is 17.2. The van der Waals surface area contributed by atoms with Crippen molar-refractivity contribution in [3.63, 3.8) is 0 Å². The van der Waals surface area contributed by atoms with E-state index in [1.165, 1.54) is 5.56 Å². The van der Waals surface area contributed by atoms with Crippen LogP contribution in [0.25, 0.3) is 11.0 Å². The van der Waals surface area contributed by atoms with E-state index >= 15 is 0 Å². The van der Waals surface area contributed by atoms with Gasteiger partial charge in [-0.3, -0.25) is 9.69 Å². The fourth-order valence-electron chi connectivity index (χ4n) is 4.00. The van der Waals surface area contributed by atoms with Crippen LogP contribution in [-0.2, 0) is 16.0 Å². The van der Waals surface area contributed by atoms with Gasteiger partial charge in [0, 0.05) is 45.0 Å². The highest BCUT2D eigenvalue weighted by Gasteiger charge is 2.28. The minimum absolute atomic E-state index is 0.187. The van der Waals surface area contributed by atoms with Crippen LogP contribution in [-0.4, -0.2) is 60.6 Å². The van der Waals surface area contributed by atoms with Crippen molar-refractivity contribution in [2.45, 2.75) is 38.4 Å². The fourth-order valence-corrected chi connectivity index (χ4v) is 4.00. The molecule has 25 heavy (non-hydrogen) atoms. The second-order valence-corrected chi connectivity index (χ2v) is 7.26. The Morgan fingerprint density at radius 3 is 2.72 bits per heavy atom.